The zero-order chi connectivity index (χ0) is 15.0. The third kappa shape index (κ3) is 2.20. The molecule has 0 heterocycles. The van der Waals surface area contributed by atoms with Gasteiger partial charge in [-0.3, -0.25) is 4.79 Å². The van der Waals surface area contributed by atoms with Crippen LogP contribution in [-0.2, 0) is 10.2 Å². The molecule has 0 radical (unpaired) electrons. The Morgan fingerprint density at radius 2 is 1.62 bits per heavy atom. The molecule has 0 saturated heterocycles. The summed E-state index contributed by atoms with van der Waals surface area (Å²) in [6.45, 7) is 0. The number of rotatable bonds is 3. The van der Waals surface area contributed by atoms with Crippen molar-refractivity contribution < 1.29 is 18.7 Å². The van der Waals surface area contributed by atoms with Crippen LogP contribution >= 0.6 is 0 Å². The Morgan fingerprint density at radius 1 is 1.00 bits per heavy atom. The molecule has 4 heteroatoms. The lowest BCUT2D eigenvalue weighted by Gasteiger charge is -2.38. The minimum Gasteiger partial charge on any atom is -0.481 e. The lowest BCUT2D eigenvalue weighted by atomic mass is 9.64. The quantitative estimate of drug-likeness (QED) is 0.921. The Hall–Kier alpha value is -2.23. The van der Waals surface area contributed by atoms with Gasteiger partial charge >= 0.3 is 5.97 Å². The van der Waals surface area contributed by atoms with Gasteiger partial charge in [0.25, 0.3) is 0 Å². The van der Waals surface area contributed by atoms with E-state index >= 15 is 0 Å². The molecule has 21 heavy (non-hydrogen) atoms. The van der Waals surface area contributed by atoms with Crippen LogP contribution in [-0.4, -0.2) is 11.1 Å². The van der Waals surface area contributed by atoms with Crippen molar-refractivity contribution in [2.45, 2.75) is 24.7 Å². The van der Waals surface area contributed by atoms with E-state index in [0.717, 1.165) is 12.0 Å². The standard InChI is InChI=1S/C17H14F2O2/c18-13-5-2-11(3-6-13)12-4-7-15(19)14(10-12)17(16(20)21)8-1-9-17/h2-7,10H,1,8-9H2,(H,20,21). The molecule has 0 unspecified atom stereocenters. The Labute approximate surface area is 121 Å². The van der Waals surface area contributed by atoms with Gasteiger partial charge in [-0.2, -0.15) is 0 Å². The van der Waals surface area contributed by atoms with Crippen molar-refractivity contribution in [2.24, 2.45) is 0 Å². The van der Waals surface area contributed by atoms with E-state index in [-0.39, 0.29) is 11.4 Å². The molecule has 0 amide bonds. The Bertz CT molecular complexity index is 688. The van der Waals surface area contributed by atoms with E-state index in [4.69, 9.17) is 0 Å². The molecule has 0 bridgehead atoms. The van der Waals surface area contributed by atoms with E-state index in [2.05, 4.69) is 0 Å². The van der Waals surface area contributed by atoms with Gasteiger partial charge in [0, 0.05) is 5.56 Å². The van der Waals surface area contributed by atoms with Crippen LogP contribution in [0.3, 0.4) is 0 Å². The fourth-order valence-electron chi connectivity index (χ4n) is 2.84. The summed E-state index contributed by atoms with van der Waals surface area (Å²) in [6, 6.07) is 10.3. The number of carboxylic acids is 1. The highest BCUT2D eigenvalue weighted by molar-refractivity contribution is 5.83. The highest BCUT2D eigenvalue weighted by atomic mass is 19.1. The summed E-state index contributed by atoms with van der Waals surface area (Å²) in [5.74, 6) is -1.83. The zero-order valence-corrected chi connectivity index (χ0v) is 11.3. The molecule has 1 N–H and O–H groups in total. The molecule has 1 fully saturated rings. The van der Waals surface area contributed by atoms with Crippen LogP contribution in [0.1, 0.15) is 24.8 Å². The van der Waals surface area contributed by atoms with Gasteiger partial charge in [0.05, 0.1) is 5.41 Å². The van der Waals surface area contributed by atoms with Gasteiger partial charge in [-0.25, -0.2) is 8.78 Å². The maximum atomic E-state index is 14.1. The molecule has 0 aliphatic heterocycles. The maximum Gasteiger partial charge on any atom is 0.314 e. The van der Waals surface area contributed by atoms with Crippen LogP contribution in [0.15, 0.2) is 42.5 Å². The average molecular weight is 288 g/mol. The third-order valence-corrected chi connectivity index (χ3v) is 4.28. The van der Waals surface area contributed by atoms with Crippen molar-refractivity contribution >= 4 is 5.97 Å². The second kappa shape index (κ2) is 4.95. The van der Waals surface area contributed by atoms with Gasteiger partial charge in [0.2, 0.25) is 0 Å². The zero-order valence-electron chi connectivity index (χ0n) is 11.3. The van der Waals surface area contributed by atoms with Crippen molar-refractivity contribution in [1.82, 2.24) is 0 Å². The summed E-state index contributed by atoms with van der Waals surface area (Å²) < 4.78 is 27.1. The Kier molecular flexibility index (Phi) is 3.24. The summed E-state index contributed by atoms with van der Waals surface area (Å²) in [7, 11) is 0. The van der Waals surface area contributed by atoms with Crippen molar-refractivity contribution in [3.05, 3.63) is 59.7 Å². The van der Waals surface area contributed by atoms with E-state index in [1.165, 1.54) is 18.2 Å². The lowest BCUT2D eigenvalue weighted by Crippen LogP contribution is -2.43. The number of halogens is 2. The van der Waals surface area contributed by atoms with Gasteiger partial charge in [-0.1, -0.05) is 24.6 Å². The summed E-state index contributed by atoms with van der Waals surface area (Å²) in [6.07, 6.45) is 1.69. The largest absolute Gasteiger partial charge is 0.481 e. The van der Waals surface area contributed by atoms with Gasteiger partial charge < -0.3 is 5.11 Å². The first-order chi connectivity index (χ1) is 10.0. The number of hydrogen-bond donors (Lipinski definition) is 1. The molecule has 2 nitrogen and oxygen atoms in total. The van der Waals surface area contributed by atoms with Gasteiger partial charge in [-0.15, -0.1) is 0 Å². The van der Waals surface area contributed by atoms with E-state index in [1.54, 1.807) is 24.3 Å². The fraction of sp³-hybridized carbons (Fsp3) is 0.235. The molecule has 2 aromatic carbocycles. The fourth-order valence-corrected chi connectivity index (χ4v) is 2.84. The van der Waals surface area contributed by atoms with Crippen molar-refractivity contribution in [3.8, 4) is 11.1 Å². The summed E-state index contributed by atoms with van der Waals surface area (Å²) in [4.78, 5) is 11.5. The predicted octanol–water partition coefficient (Wildman–Crippen LogP) is 4.14. The highest BCUT2D eigenvalue weighted by Crippen LogP contribution is 2.45. The predicted molar refractivity (Wildman–Crippen MR) is 75.0 cm³/mol. The average Bonchev–Trinajstić information content (AvgIpc) is 2.40. The number of carbonyl (C=O) groups is 1. The minimum atomic E-state index is -1.11. The van der Waals surface area contributed by atoms with E-state index in [9.17, 15) is 18.7 Å². The molecular weight excluding hydrogens is 274 g/mol. The molecule has 0 aromatic heterocycles. The van der Waals surface area contributed by atoms with Crippen LogP contribution in [0.5, 0.6) is 0 Å². The van der Waals surface area contributed by atoms with Crippen LogP contribution in [0, 0.1) is 11.6 Å². The van der Waals surface area contributed by atoms with Crippen LogP contribution < -0.4 is 0 Å². The topological polar surface area (TPSA) is 37.3 Å². The molecule has 0 atom stereocenters. The monoisotopic (exact) mass is 288 g/mol. The lowest BCUT2D eigenvalue weighted by molar-refractivity contribution is -0.147. The number of benzene rings is 2. The summed E-state index contributed by atoms with van der Waals surface area (Å²) in [5, 5.41) is 9.44. The molecular formula is C17H14F2O2. The number of aliphatic carboxylic acids is 1. The molecule has 1 aliphatic carbocycles. The van der Waals surface area contributed by atoms with Crippen LogP contribution in [0.2, 0.25) is 0 Å². The molecule has 1 aliphatic rings. The second-order valence-corrected chi connectivity index (χ2v) is 5.44. The smallest absolute Gasteiger partial charge is 0.314 e. The first-order valence-corrected chi connectivity index (χ1v) is 6.82. The van der Waals surface area contributed by atoms with E-state index < -0.39 is 17.2 Å². The van der Waals surface area contributed by atoms with Crippen LogP contribution in [0.4, 0.5) is 8.78 Å². The van der Waals surface area contributed by atoms with Crippen molar-refractivity contribution in [1.29, 1.82) is 0 Å². The normalized spacial score (nSPS) is 16.3. The SMILES string of the molecule is O=C(O)C1(c2cc(-c3ccc(F)cc3)ccc2F)CCC1. The van der Waals surface area contributed by atoms with Gasteiger partial charge in [0.15, 0.2) is 0 Å². The minimum absolute atomic E-state index is 0.225. The first kappa shape index (κ1) is 13.7. The van der Waals surface area contributed by atoms with E-state index in [1.807, 2.05) is 0 Å². The molecule has 1 saturated carbocycles. The second-order valence-electron chi connectivity index (χ2n) is 5.44. The summed E-state index contributed by atoms with van der Waals surface area (Å²) in [5.41, 5.74) is 0.541. The third-order valence-electron chi connectivity index (χ3n) is 4.28. The maximum absolute atomic E-state index is 14.1. The highest BCUT2D eigenvalue weighted by Gasteiger charge is 2.47. The molecule has 3 rings (SSSR count). The van der Waals surface area contributed by atoms with Crippen LogP contribution in [0.25, 0.3) is 11.1 Å². The van der Waals surface area contributed by atoms with Crippen molar-refractivity contribution in [2.75, 3.05) is 0 Å². The Balaban J connectivity index is 2.08. The Morgan fingerprint density at radius 3 is 2.14 bits per heavy atom. The summed E-state index contributed by atoms with van der Waals surface area (Å²) >= 11 is 0. The number of carboxylic acid groups (broad SMARTS) is 1. The van der Waals surface area contributed by atoms with Gasteiger partial charge in [-0.05, 0) is 48.2 Å². The van der Waals surface area contributed by atoms with Crippen molar-refractivity contribution in [3.63, 3.8) is 0 Å². The molecule has 108 valence electrons. The van der Waals surface area contributed by atoms with E-state index in [0.29, 0.717) is 18.4 Å². The van der Waals surface area contributed by atoms with Gasteiger partial charge in [0.1, 0.15) is 11.6 Å². The first-order valence-electron chi connectivity index (χ1n) is 6.82. The molecule has 0 spiro atoms. The number of hydrogen-bond acceptors (Lipinski definition) is 1. The molecule has 2 aromatic rings.